The van der Waals surface area contributed by atoms with Crippen LogP contribution in [0.5, 0.6) is 5.75 Å². The molecule has 0 bridgehead atoms. The van der Waals surface area contributed by atoms with Crippen LogP contribution in [-0.2, 0) is 32.3 Å². The fourth-order valence-corrected chi connectivity index (χ4v) is 3.72. The van der Waals surface area contributed by atoms with Gasteiger partial charge in [-0.05, 0) is 43.5 Å². The van der Waals surface area contributed by atoms with Crippen molar-refractivity contribution in [2.75, 3.05) is 0 Å². The Balaban J connectivity index is 2.38. The molecule has 2 aromatic carbocycles. The average molecular weight is 445 g/mol. The van der Waals surface area contributed by atoms with Crippen LogP contribution in [-0.4, -0.2) is 37.1 Å². The van der Waals surface area contributed by atoms with Crippen LogP contribution in [0.15, 0.2) is 53.4 Å². The van der Waals surface area contributed by atoms with E-state index in [9.17, 15) is 31.5 Å². The van der Waals surface area contributed by atoms with Crippen molar-refractivity contribution in [3.05, 3.63) is 59.7 Å². The van der Waals surface area contributed by atoms with Crippen molar-refractivity contribution < 1.29 is 36.2 Å². The Morgan fingerprint density at radius 3 is 2.33 bits per heavy atom. The van der Waals surface area contributed by atoms with Gasteiger partial charge in [0.2, 0.25) is 0 Å². The van der Waals surface area contributed by atoms with Gasteiger partial charge in [0.05, 0.1) is 11.0 Å². The van der Waals surface area contributed by atoms with Gasteiger partial charge in [-0.3, -0.25) is 4.79 Å². The summed E-state index contributed by atoms with van der Waals surface area (Å²) in [4.78, 5) is 11.4. The maximum atomic E-state index is 13.1. The topological polar surface area (TPSA) is 92.7 Å². The number of hydrogen-bond donors (Lipinski definition) is 2. The van der Waals surface area contributed by atoms with Crippen LogP contribution in [0.4, 0.5) is 13.2 Å². The molecular formula is C20H22F3NO5S. The van der Waals surface area contributed by atoms with Crippen LogP contribution in [0, 0.1) is 0 Å². The summed E-state index contributed by atoms with van der Waals surface area (Å²) in [5, 5.41) is 12.5. The first-order chi connectivity index (χ1) is 13.9. The molecule has 30 heavy (non-hydrogen) atoms. The lowest BCUT2D eigenvalue weighted by Gasteiger charge is -2.21. The third-order valence-corrected chi connectivity index (χ3v) is 5.67. The van der Waals surface area contributed by atoms with E-state index in [1.165, 1.54) is 0 Å². The van der Waals surface area contributed by atoms with E-state index in [4.69, 9.17) is 4.74 Å². The molecule has 0 saturated carbocycles. The number of ether oxygens (including phenoxy) is 1. The van der Waals surface area contributed by atoms with Gasteiger partial charge in [-0.25, -0.2) is 8.42 Å². The SMILES string of the molecule is CC(C)OC(=O)[C@H](Cc1ccc(O)cc1S(=O)(=O)C(F)(F)F)NCc1ccccc1. The molecule has 0 aromatic heterocycles. The lowest BCUT2D eigenvalue weighted by atomic mass is 10.0. The van der Waals surface area contributed by atoms with Crippen LogP contribution in [0.25, 0.3) is 0 Å². The molecule has 1 atom stereocenters. The number of carbonyl (C=O) groups excluding carboxylic acids is 1. The van der Waals surface area contributed by atoms with Crippen molar-refractivity contribution in [1.82, 2.24) is 5.32 Å². The second-order valence-corrected chi connectivity index (χ2v) is 8.76. The monoisotopic (exact) mass is 445 g/mol. The molecule has 2 aromatic rings. The van der Waals surface area contributed by atoms with E-state index >= 15 is 0 Å². The van der Waals surface area contributed by atoms with Crippen LogP contribution in [0.1, 0.15) is 25.0 Å². The van der Waals surface area contributed by atoms with Crippen LogP contribution >= 0.6 is 0 Å². The molecular weight excluding hydrogens is 423 g/mol. The molecule has 2 rings (SSSR count). The maximum Gasteiger partial charge on any atom is 0.501 e. The van der Waals surface area contributed by atoms with Gasteiger partial charge in [-0.1, -0.05) is 36.4 Å². The summed E-state index contributed by atoms with van der Waals surface area (Å²) in [6.45, 7) is 3.44. The van der Waals surface area contributed by atoms with E-state index < -0.39 is 44.1 Å². The molecule has 164 valence electrons. The number of alkyl halides is 3. The summed E-state index contributed by atoms with van der Waals surface area (Å²) >= 11 is 0. The maximum absolute atomic E-state index is 13.1. The highest BCUT2D eigenvalue weighted by Gasteiger charge is 2.48. The van der Waals surface area contributed by atoms with E-state index in [1.807, 2.05) is 0 Å². The minimum Gasteiger partial charge on any atom is -0.508 e. The van der Waals surface area contributed by atoms with Gasteiger partial charge in [0.15, 0.2) is 0 Å². The zero-order valence-corrected chi connectivity index (χ0v) is 17.1. The van der Waals surface area contributed by atoms with Gasteiger partial charge in [-0.2, -0.15) is 13.2 Å². The molecule has 0 spiro atoms. The van der Waals surface area contributed by atoms with Crippen LogP contribution < -0.4 is 5.32 Å². The molecule has 2 N–H and O–H groups in total. The smallest absolute Gasteiger partial charge is 0.501 e. The van der Waals surface area contributed by atoms with Crippen LogP contribution in [0.2, 0.25) is 0 Å². The number of nitrogens with one attached hydrogen (secondary N) is 1. The van der Waals surface area contributed by atoms with Gasteiger partial charge in [-0.15, -0.1) is 0 Å². The van der Waals surface area contributed by atoms with Crippen molar-refractivity contribution in [2.45, 2.75) is 49.4 Å². The number of carbonyl (C=O) groups is 1. The van der Waals surface area contributed by atoms with E-state index in [2.05, 4.69) is 5.32 Å². The fraction of sp³-hybridized carbons (Fsp3) is 0.350. The number of hydrogen-bond acceptors (Lipinski definition) is 6. The highest BCUT2D eigenvalue weighted by molar-refractivity contribution is 7.92. The van der Waals surface area contributed by atoms with Gasteiger partial charge in [0.25, 0.3) is 9.84 Å². The first kappa shape index (κ1) is 23.7. The summed E-state index contributed by atoms with van der Waals surface area (Å²) in [5.41, 5.74) is -5.01. The number of esters is 1. The van der Waals surface area contributed by atoms with Gasteiger partial charge in [0.1, 0.15) is 11.8 Å². The number of aromatic hydroxyl groups is 1. The summed E-state index contributed by atoms with van der Waals surface area (Å²) in [5.74, 6) is -1.37. The highest BCUT2D eigenvalue weighted by Crippen LogP contribution is 2.34. The number of rotatable bonds is 8. The summed E-state index contributed by atoms with van der Waals surface area (Å²) in [7, 11) is -5.73. The molecule has 10 heteroatoms. The standard InChI is InChI=1S/C20H22F3NO5S/c1-13(2)29-19(26)17(24-12-14-6-4-3-5-7-14)10-15-8-9-16(25)11-18(15)30(27,28)20(21,22)23/h3-9,11,13,17,24-25H,10,12H2,1-2H3/t17-/m0/s1. The number of halogens is 3. The molecule has 0 amide bonds. The molecule has 0 aliphatic heterocycles. The van der Waals surface area contributed by atoms with E-state index in [1.54, 1.807) is 44.2 Å². The Morgan fingerprint density at radius 2 is 1.77 bits per heavy atom. The second kappa shape index (κ2) is 9.48. The first-order valence-corrected chi connectivity index (χ1v) is 10.5. The lowest BCUT2D eigenvalue weighted by molar-refractivity contribution is -0.150. The van der Waals surface area contributed by atoms with Gasteiger partial charge in [0, 0.05) is 6.54 Å². The fourth-order valence-electron chi connectivity index (χ4n) is 2.70. The minimum atomic E-state index is -5.73. The van der Waals surface area contributed by atoms with Crippen molar-refractivity contribution in [3.63, 3.8) is 0 Å². The average Bonchev–Trinajstić information content (AvgIpc) is 2.65. The van der Waals surface area contributed by atoms with Crippen molar-refractivity contribution >= 4 is 15.8 Å². The van der Waals surface area contributed by atoms with E-state index in [0.717, 1.165) is 17.7 Å². The number of sulfone groups is 1. The zero-order valence-electron chi connectivity index (χ0n) is 16.3. The van der Waals surface area contributed by atoms with Crippen molar-refractivity contribution in [3.8, 4) is 5.75 Å². The Bertz CT molecular complexity index is 976. The molecule has 0 aliphatic rings. The first-order valence-electron chi connectivity index (χ1n) is 9.03. The second-order valence-electron chi connectivity index (χ2n) is 6.85. The Kier molecular flexibility index (Phi) is 7.49. The number of phenols is 1. The van der Waals surface area contributed by atoms with Crippen LogP contribution in [0.3, 0.4) is 0 Å². The number of benzene rings is 2. The quantitative estimate of drug-likeness (QED) is 0.606. The minimum absolute atomic E-state index is 0.206. The molecule has 0 aliphatic carbocycles. The lowest BCUT2D eigenvalue weighted by Crippen LogP contribution is -2.41. The molecule has 6 nitrogen and oxygen atoms in total. The molecule has 0 radical (unpaired) electrons. The Hall–Kier alpha value is -2.59. The van der Waals surface area contributed by atoms with E-state index in [-0.39, 0.29) is 18.5 Å². The molecule has 0 unspecified atom stereocenters. The van der Waals surface area contributed by atoms with E-state index in [0.29, 0.717) is 6.07 Å². The summed E-state index contributed by atoms with van der Waals surface area (Å²) < 4.78 is 68.4. The van der Waals surface area contributed by atoms with Crippen molar-refractivity contribution in [1.29, 1.82) is 0 Å². The molecule has 0 saturated heterocycles. The summed E-state index contributed by atoms with van der Waals surface area (Å²) in [6, 6.07) is 10.5. The zero-order chi connectivity index (χ0) is 22.5. The Labute approximate surface area is 172 Å². The predicted octanol–water partition coefficient (Wildman–Crippen LogP) is 3.34. The normalized spacial score (nSPS) is 13.3. The highest BCUT2D eigenvalue weighted by atomic mass is 32.2. The molecule has 0 heterocycles. The van der Waals surface area contributed by atoms with Crippen molar-refractivity contribution in [2.24, 2.45) is 0 Å². The largest absolute Gasteiger partial charge is 0.508 e. The van der Waals surface area contributed by atoms with Gasteiger partial charge >= 0.3 is 11.5 Å². The molecule has 0 fully saturated rings. The predicted molar refractivity (Wildman–Crippen MR) is 103 cm³/mol. The number of phenolic OH excluding ortho intramolecular Hbond substituents is 1. The van der Waals surface area contributed by atoms with Gasteiger partial charge < -0.3 is 15.2 Å². The third-order valence-electron chi connectivity index (χ3n) is 4.10. The third kappa shape index (κ3) is 5.96. The Morgan fingerprint density at radius 1 is 1.13 bits per heavy atom. The summed E-state index contributed by atoms with van der Waals surface area (Å²) in [6.07, 6.45) is -0.861.